The summed E-state index contributed by atoms with van der Waals surface area (Å²) in [7, 11) is 0. The van der Waals surface area contributed by atoms with E-state index in [1.54, 1.807) is 23.6 Å². The van der Waals surface area contributed by atoms with E-state index in [-0.39, 0.29) is 0 Å². The third kappa shape index (κ3) is 3.85. The fourth-order valence-electron chi connectivity index (χ4n) is 3.08. The molecule has 9 heteroatoms. The van der Waals surface area contributed by atoms with Crippen molar-refractivity contribution in [3.63, 3.8) is 0 Å². The minimum atomic E-state index is 0.510. The molecule has 0 amide bonds. The van der Waals surface area contributed by atoms with Crippen LogP contribution >= 0.6 is 34.5 Å². The van der Waals surface area contributed by atoms with Gasteiger partial charge < -0.3 is 10.6 Å². The lowest BCUT2D eigenvalue weighted by molar-refractivity contribution is 1.07. The van der Waals surface area contributed by atoms with Crippen molar-refractivity contribution in [3.8, 4) is 0 Å². The lowest BCUT2D eigenvalue weighted by Gasteiger charge is -2.11. The third-order valence-electron chi connectivity index (χ3n) is 4.38. The Hall–Kier alpha value is -2.87. The molecule has 0 bridgehead atoms. The zero-order valence-corrected chi connectivity index (χ0v) is 17.2. The second-order valence-electron chi connectivity index (χ2n) is 6.46. The first-order valence-corrected chi connectivity index (χ1v) is 10.4. The molecular formula is C20H14Cl2N6S. The molecule has 6 nitrogen and oxygen atoms in total. The number of hydrogen-bond acceptors (Lipinski definition) is 6. The molecule has 0 atom stereocenters. The van der Waals surface area contributed by atoms with Crippen LogP contribution < -0.4 is 10.6 Å². The van der Waals surface area contributed by atoms with Crippen LogP contribution in [0.5, 0.6) is 0 Å². The zero-order chi connectivity index (χ0) is 19.8. The number of nitrogens with one attached hydrogen (secondary N) is 3. The molecular weight excluding hydrogens is 427 g/mol. The predicted molar refractivity (Wildman–Crippen MR) is 121 cm³/mol. The van der Waals surface area contributed by atoms with Gasteiger partial charge in [0.05, 0.1) is 21.9 Å². The highest BCUT2D eigenvalue weighted by molar-refractivity contribution is 7.17. The number of anilines is 3. The molecule has 3 N–H and O–H groups in total. The van der Waals surface area contributed by atoms with Crippen LogP contribution in [0.15, 0.2) is 54.0 Å². The van der Waals surface area contributed by atoms with Crippen molar-refractivity contribution in [2.75, 3.05) is 10.6 Å². The lowest BCUT2D eigenvalue weighted by Crippen LogP contribution is -2.05. The van der Waals surface area contributed by atoms with Crippen molar-refractivity contribution in [2.24, 2.45) is 0 Å². The summed E-state index contributed by atoms with van der Waals surface area (Å²) in [6.07, 6.45) is 1.80. The molecule has 0 aliphatic carbocycles. The van der Waals surface area contributed by atoms with E-state index in [4.69, 9.17) is 23.2 Å². The summed E-state index contributed by atoms with van der Waals surface area (Å²) in [6, 6.07) is 13.4. The number of benzene rings is 2. The fourth-order valence-corrected chi connectivity index (χ4v) is 4.43. The molecule has 0 radical (unpaired) electrons. The van der Waals surface area contributed by atoms with E-state index in [1.807, 2.05) is 41.8 Å². The van der Waals surface area contributed by atoms with Gasteiger partial charge in [-0.15, -0.1) is 11.3 Å². The number of H-pyrrole nitrogens is 1. The number of aromatic nitrogens is 4. The molecule has 0 saturated heterocycles. The summed E-state index contributed by atoms with van der Waals surface area (Å²) >= 11 is 13.8. The number of halogens is 2. The minimum absolute atomic E-state index is 0.510. The second kappa shape index (κ2) is 7.51. The first-order chi connectivity index (χ1) is 14.1. The Bertz CT molecular complexity index is 1310. The molecule has 29 heavy (non-hydrogen) atoms. The molecule has 0 unspecified atom stereocenters. The van der Waals surface area contributed by atoms with Gasteiger partial charge in [0.15, 0.2) is 5.82 Å². The van der Waals surface area contributed by atoms with Crippen LogP contribution in [0.25, 0.3) is 21.1 Å². The summed E-state index contributed by atoms with van der Waals surface area (Å²) in [6.45, 7) is 0.510. The summed E-state index contributed by atoms with van der Waals surface area (Å²) in [5, 5.41) is 17.9. The normalized spacial score (nSPS) is 11.2. The summed E-state index contributed by atoms with van der Waals surface area (Å²) in [4.78, 5) is 9.29. The van der Waals surface area contributed by atoms with E-state index < -0.39 is 0 Å². The Morgan fingerprint density at radius 2 is 1.86 bits per heavy atom. The van der Waals surface area contributed by atoms with Gasteiger partial charge in [0, 0.05) is 27.7 Å². The molecule has 0 aliphatic heterocycles. The van der Waals surface area contributed by atoms with Crippen molar-refractivity contribution >= 4 is 73.1 Å². The molecule has 5 rings (SSSR count). The van der Waals surface area contributed by atoms with Crippen LogP contribution in [0, 0.1) is 0 Å². The van der Waals surface area contributed by atoms with Gasteiger partial charge in [-0.2, -0.15) is 10.1 Å². The first kappa shape index (κ1) is 18.2. The molecule has 5 aromatic rings. The topological polar surface area (TPSA) is 78.5 Å². The molecule has 0 aliphatic rings. The Balaban J connectivity index is 1.44. The van der Waals surface area contributed by atoms with E-state index in [9.17, 15) is 0 Å². The standard InChI is InChI=1S/C20H14Cl2N6S/c21-13-5-11(6-14(22)8-13)9-23-20-26-17-3-4-29-18(17)19(27-20)25-15-1-2-16-12(7-15)10-24-28-16/h1-8,10H,9H2,(H,24,28)(H2,23,25,26,27). The van der Waals surface area contributed by atoms with E-state index in [0.717, 1.165) is 38.2 Å². The number of aromatic amines is 1. The summed E-state index contributed by atoms with van der Waals surface area (Å²) in [5.74, 6) is 1.28. The molecule has 3 aromatic heterocycles. The highest BCUT2D eigenvalue weighted by atomic mass is 35.5. The Labute approximate surface area is 179 Å². The van der Waals surface area contributed by atoms with Gasteiger partial charge in [0.1, 0.15) is 0 Å². The van der Waals surface area contributed by atoms with E-state index in [2.05, 4.69) is 30.8 Å². The summed E-state index contributed by atoms with van der Waals surface area (Å²) < 4.78 is 0.994. The van der Waals surface area contributed by atoms with Crippen LogP contribution in [0.4, 0.5) is 17.5 Å². The molecule has 144 valence electrons. The fraction of sp³-hybridized carbons (Fsp3) is 0.0500. The number of rotatable bonds is 5. The largest absolute Gasteiger partial charge is 0.350 e. The maximum absolute atomic E-state index is 6.09. The van der Waals surface area contributed by atoms with Crippen molar-refractivity contribution < 1.29 is 0 Å². The second-order valence-corrected chi connectivity index (χ2v) is 8.25. The summed E-state index contributed by atoms with van der Waals surface area (Å²) in [5.41, 5.74) is 3.75. The molecule has 0 fully saturated rings. The first-order valence-electron chi connectivity index (χ1n) is 8.78. The molecule has 0 saturated carbocycles. The average molecular weight is 441 g/mol. The van der Waals surface area contributed by atoms with Crippen LogP contribution in [0.3, 0.4) is 0 Å². The maximum atomic E-state index is 6.09. The van der Waals surface area contributed by atoms with E-state index >= 15 is 0 Å². The van der Waals surface area contributed by atoms with Gasteiger partial charge >= 0.3 is 0 Å². The highest BCUT2D eigenvalue weighted by Gasteiger charge is 2.10. The zero-order valence-electron chi connectivity index (χ0n) is 14.9. The molecule has 2 aromatic carbocycles. The van der Waals surface area contributed by atoms with Gasteiger partial charge in [0.25, 0.3) is 0 Å². The van der Waals surface area contributed by atoms with Gasteiger partial charge in [-0.1, -0.05) is 23.2 Å². The van der Waals surface area contributed by atoms with Crippen molar-refractivity contribution in [2.45, 2.75) is 6.54 Å². The smallest absolute Gasteiger partial charge is 0.225 e. The minimum Gasteiger partial charge on any atom is -0.350 e. The molecule has 0 spiro atoms. The third-order valence-corrected chi connectivity index (χ3v) is 5.73. The van der Waals surface area contributed by atoms with Gasteiger partial charge in [0.2, 0.25) is 5.95 Å². The monoisotopic (exact) mass is 440 g/mol. The highest BCUT2D eigenvalue weighted by Crippen LogP contribution is 2.30. The number of hydrogen-bond donors (Lipinski definition) is 3. The Morgan fingerprint density at radius 3 is 2.72 bits per heavy atom. The van der Waals surface area contributed by atoms with Crippen molar-refractivity contribution in [1.29, 1.82) is 0 Å². The van der Waals surface area contributed by atoms with Crippen LogP contribution in [-0.2, 0) is 6.54 Å². The van der Waals surface area contributed by atoms with Crippen LogP contribution in [0.2, 0.25) is 10.0 Å². The quantitative estimate of drug-likeness (QED) is 0.301. The molecule has 3 heterocycles. The predicted octanol–water partition coefficient (Wildman–Crippen LogP) is 6.23. The maximum Gasteiger partial charge on any atom is 0.225 e. The van der Waals surface area contributed by atoms with Crippen molar-refractivity contribution in [3.05, 3.63) is 69.7 Å². The Morgan fingerprint density at radius 1 is 1.00 bits per heavy atom. The van der Waals surface area contributed by atoms with Gasteiger partial charge in [-0.05, 0) is 53.4 Å². The van der Waals surface area contributed by atoms with Crippen LogP contribution in [0.1, 0.15) is 5.56 Å². The number of fused-ring (bicyclic) bond motifs is 2. The SMILES string of the molecule is Clc1cc(Cl)cc(CNc2nc(Nc3ccc4[nH]ncc4c3)c3sccc3n2)c1. The lowest BCUT2D eigenvalue weighted by atomic mass is 10.2. The van der Waals surface area contributed by atoms with Crippen molar-refractivity contribution in [1.82, 2.24) is 20.2 Å². The van der Waals surface area contributed by atoms with Gasteiger partial charge in [-0.3, -0.25) is 5.10 Å². The number of thiophene rings is 1. The van der Waals surface area contributed by atoms with E-state index in [0.29, 0.717) is 22.5 Å². The van der Waals surface area contributed by atoms with Crippen LogP contribution in [-0.4, -0.2) is 20.2 Å². The number of nitrogens with zero attached hydrogens (tertiary/aromatic N) is 3. The average Bonchev–Trinajstić information content (AvgIpc) is 3.34. The Kier molecular flexibility index (Phi) is 4.71. The van der Waals surface area contributed by atoms with Gasteiger partial charge in [-0.25, -0.2) is 4.98 Å². The van der Waals surface area contributed by atoms with E-state index in [1.165, 1.54) is 0 Å².